The number of hydrogen-bond acceptors (Lipinski definition) is 11. The Morgan fingerprint density at radius 1 is 0.889 bits per heavy atom. The topological polar surface area (TPSA) is 97.4 Å². The molecular formula is C33H41ClN10S. The molecule has 3 N–H and O–H groups in total. The number of nitrogens with zero attached hydrogens (tertiary/aromatic N) is 7. The fourth-order valence-corrected chi connectivity index (χ4v) is 7.16. The van der Waals surface area contributed by atoms with E-state index < -0.39 is 0 Å². The van der Waals surface area contributed by atoms with E-state index in [-0.39, 0.29) is 0 Å². The molecule has 0 amide bonds. The molecule has 12 heteroatoms. The van der Waals surface area contributed by atoms with Crippen LogP contribution in [0.5, 0.6) is 0 Å². The largest absolute Gasteiger partial charge is 0.371 e. The zero-order valence-corrected chi connectivity index (χ0v) is 27.8. The number of halogens is 1. The van der Waals surface area contributed by atoms with Crippen molar-refractivity contribution in [3.05, 3.63) is 59.0 Å². The van der Waals surface area contributed by atoms with E-state index in [1.54, 1.807) is 18.6 Å². The van der Waals surface area contributed by atoms with Crippen molar-refractivity contribution < 1.29 is 0 Å². The number of hydrogen-bond donors (Lipinski definition) is 3. The van der Waals surface area contributed by atoms with Crippen molar-refractivity contribution in [3.63, 3.8) is 0 Å². The second-order valence-corrected chi connectivity index (χ2v) is 13.4. The summed E-state index contributed by atoms with van der Waals surface area (Å²) in [6.07, 6.45) is 12.0. The van der Waals surface area contributed by atoms with Gasteiger partial charge in [0.25, 0.3) is 0 Å². The molecule has 1 aliphatic carbocycles. The van der Waals surface area contributed by atoms with Crippen molar-refractivity contribution >= 4 is 69.1 Å². The van der Waals surface area contributed by atoms with Gasteiger partial charge in [0, 0.05) is 75.3 Å². The third-order valence-corrected chi connectivity index (χ3v) is 10.0. The summed E-state index contributed by atoms with van der Waals surface area (Å²) in [6, 6.07) is 9.31. The Morgan fingerprint density at radius 2 is 1.67 bits per heavy atom. The Hall–Kier alpha value is -3.38. The van der Waals surface area contributed by atoms with Crippen LogP contribution in [-0.2, 0) is 0 Å². The van der Waals surface area contributed by atoms with Crippen molar-refractivity contribution in [1.29, 1.82) is 0 Å². The minimum atomic E-state index is 0.431. The van der Waals surface area contributed by atoms with Crippen molar-refractivity contribution in [3.8, 4) is 0 Å². The lowest BCUT2D eigenvalue weighted by Gasteiger charge is -2.43. The van der Waals surface area contributed by atoms with Crippen molar-refractivity contribution in [2.45, 2.75) is 44.6 Å². The van der Waals surface area contributed by atoms with Crippen molar-refractivity contribution in [1.82, 2.24) is 29.7 Å². The minimum absolute atomic E-state index is 0.431. The van der Waals surface area contributed by atoms with E-state index in [0.29, 0.717) is 28.7 Å². The highest BCUT2D eigenvalue weighted by atomic mass is 35.5. The molecule has 7 rings (SSSR count). The molecule has 0 atom stereocenters. The fraction of sp³-hybridized carbons (Fsp3) is 0.455. The standard InChI is InChI=1S/C33H41ClN10S/c1-21-18-29(44-12-8-23(9-13-44)43-16-14-42(2)15-17-43)24(22-4-5-22)19-28(21)39-33-37-20-25(34)32(40-33)38-27-7-6-26-30(31(27)41-45-3)36-11-10-35-26/h6-7,10-11,18-20,22-23,41H,4-5,8-9,12-17H2,1-3H3,(H2,37,38,39,40). The molecule has 0 unspecified atom stereocenters. The van der Waals surface area contributed by atoms with Crippen LogP contribution < -0.4 is 20.3 Å². The third-order valence-electron chi connectivity index (χ3n) is 9.34. The first-order valence-electron chi connectivity index (χ1n) is 15.9. The number of anilines is 6. The summed E-state index contributed by atoms with van der Waals surface area (Å²) in [5.41, 5.74) is 8.27. The lowest BCUT2D eigenvalue weighted by Crippen LogP contribution is -2.52. The maximum absolute atomic E-state index is 6.60. The summed E-state index contributed by atoms with van der Waals surface area (Å²) in [4.78, 5) is 26.1. The van der Waals surface area contributed by atoms with Crippen molar-refractivity contribution in [2.24, 2.45) is 0 Å². The van der Waals surface area contributed by atoms with Crippen LogP contribution in [0.2, 0.25) is 5.02 Å². The normalized spacial score (nSPS) is 18.4. The van der Waals surface area contributed by atoms with Crippen LogP contribution in [0.15, 0.2) is 42.9 Å². The molecule has 0 bridgehead atoms. The average molecular weight is 645 g/mol. The van der Waals surface area contributed by atoms with Gasteiger partial charge < -0.3 is 25.2 Å². The van der Waals surface area contributed by atoms with Crippen LogP contribution in [0.3, 0.4) is 0 Å². The molecule has 1 saturated carbocycles. The minimum Gasteiger partial charge on any atom is -0.371 e. The van der Waals surface area contributed by atoms with Gasteiger partial charge in [-0.1, -0.05) is 23.5 Å². The Morgan fingerprint density at radius 3 is 2.42 bits per heavy atom. The summed E-state index contributed by atoms with van der Waals surface area (Å²) >= 11 is 8.09. The highest BCUT2D eigenvalue weighted by Crippen LogP contribution is 2.47. The zero-order chi connectivity index (χ0) is 30.9. The van der Waals surface area contributed by atoms with Gasteiger partial charge in [0.15, 0.2) is 5.82 Å². The first-order chi connectivity index (χ1) is 22.0. The quantitative estimate of drug-likeness (QED) is 0.171. The van der Waals surface area contributed by atoms with Crippen LogP contribution in [-0.4, -0.2) is 88.3 Å². The van der Waals surface area contributed by atoms with Crippen LogP contribution in [0.4, 0.5) is 34.5 Å². The summed E-state index contributed by atoms with van der Waals surface area (Å²) in [5, 5.41) is 7.34. The third kappa shape index (κ3) is 6.63. The van der Waals surface area contributed by atoms with E-state index in [1.807, 2.05) is 18.4 Å². The molecule has 3 aliphatic rings. The zero-order valence-electron chi connectivity index (χ0n) is 26.2. The number of benzene rings is 2. The molecule has 0 spiro atoms. The van der Waals surface area contributed by atoms with Gasteiger partial charge in [-0.25, -0.2) is 4.98 Å². The van der Waals surface area contributed by atoms with Crippen LogP contribution >= 0.6 is 23.5 Å². The lowest BCUT2D eigenvalue weighted by molar-refractivity contribution is 0.0982. The van der Waals surface area contributed by atoms with Gasteiger partial charge >= 0.3 is 0 Å². The highest BCUT2D eigenvalue weighted by Gasteiger charge is 2.32. The van der Waals surface area contributed by atoms with Gasteiger partial charge in [0.2, 0.25) is 5.95 Å². The Kier molecular flexibility index (Phi) is 8.85. The monoisotopic (exact) mass is 644 g/mol. The summed E-state index contributed by atoms with van der Waals surface area (Å²) in [5.74, 6) is 1.63. The molecular weight excluding hydrogens is 604 g/mol. The second kappa shape index (κ2) is 13.2. The Bertz CT molecular complexity index is 1670. The molecule has 45 heavy (non-hydrogen) atoms. The number of likely N-dealkylation sites (N-methyl/N-ethyl adjacent to an activating group) is 1. The Labute approximate surface area is 274 Å². The molecule has 3 fully saturated rings. The van der Waals surface area contributed by atoms with Crippen LogP contribution in [0.25, 0.3) is 11.0 Å². The van der Waals surface area contributed by atoms with E-state index in [2.05, 4.69) is 71.1 Å². The second-order valence-electron chi connectivity index (χ2n) is 12.4. The van der Waals surface area contributed by atoms with Gasteiger partial charge in [-0.3, -0.25) is 14.9 Å². The number of rotatable bonds is 9. The van der Waals surface area contributed by atoms with Crippen LogP contribution in [0, 0.1) is 6.92 Å². The number of piperidine rings is 1. The summed E-state index contributed by atoms with van der Waals surface area (Å²) in [6.45, 7) is 9.17. The average Bonchev–Trinajstić information content (AvgIpc) is 3.91. The predicted molar refractivity (Wildman–Crippen MR) is 188 cm³/mol. The van der Waals surface area contributed by atoms with E-state index in [1.165, 1.54) is 80.6 Å². The highest BCUT2D eigenvalue weighted by molar-refractivity contribution is 7.99. The SMILES string of the molecule is CSNc1c(Nc2nc(Nc3cc(C4CC4)c(N4CCC(N5CCN(C)CC5)CC4)cc3C)ncc2Cl)ccc2nccnc12. The van der Waals surface area contributed by atoms with Gasteiger partial charge in [0.05, 0.1) is 23.1 Å². The molecule has 10 nitrogen and oxygen atoms in total. The molecule has 2 aliphatic heterocycles. The lowest BCUT2D eigenvalue weighted by atomic mass is 9.98. The number of fused-ring (bicyclic) bond motifs is 1. The molecule has 4 aromatic rings. The first kappa shape index (κ1) is 30.3. The summed E-state index contributed by atoms with van der Waals surface area (Å²) < 4.78 is 3.34. The molecule has 2 aromatic heterocycles. The van der Waals surface area contributed by atoms with Gasteiger partial charge in [-0.2, -0.15) is 4.98 Å². The maximum Gasteiger partial charge on any atom is 0.229 e. The van der Waals surface area contributed by atoms with Crippen LogP contribution in [0.1, 0.15) is 42.7 Å². The predicted octanol–water partition coefficient (Wildman–Crippen LogP) is 6.65. The first-order valence-corrected chi connectivity index (χ1v) is 17.5. The van der Waals surface area contributed by atoms with E-state index in [4.69, 9.17) is 16.6 Å². The fourth-order valence-electron chi connectivity index (χ4n) is 6.61. The van der Waals surface area contributed by atoms with Gasteiger partial charge in [-0.15, -0.1) is 0 Å². The van der Waals surface area contributed by atoms with E-state index in [0.717, 1.165) is 41.2 Å². The van der Waals surface area contributed by atoms with Gasteiger partial charge in [-0.05, 0) is 81.0 Å². The number of piperazine rings is 1. The summed E-state index contributed by atoms with van der Waals surface area (Å²) in [7, 11) is 2.23. The van der Waals surface area contributed by atoms with E-state index >= 15 is 0 Å². The molecule has 4 heterocycles. The van der Waals surface area contributed by atoms with E-state index in [9.17, 15) is 0 Å². The molecule has 236 valence electrons. The van der Waals surface area contributed by atoms with Gasteiger partial charge in [0.1, 0.15) is 10.5 Å². The Balaban J connectivity index is 1.10. The number of nitrogens with one attached hydrogen (secondary N) is 3. The maximum atomic E-state index is 6.60. The van der Waals surface area contributed by atoms with Crippen molar-refractivity contribution in [2.75, 3.05) is 72.8 Å². The molecule has 2 aromatic carbocycles. The molecule has 2 saturated heterocycles. The number of aromatic nitrogens is 4. The smallest absolute Gasteiger partial charge is 0.229 e. The number of aryl methyl sites for hydroxylation is 1. The molecule has 0 radical (unpaired) electrons.